The molecule has 1 N–H and O–H groups in total. The maximum Gasteiger partial charge on any atom is 0.418 e. The monoisotopic (exact) mass is 486 g/mol. The van der Waals surface area contributed by atoms with Crippen LogP contribution in [0.3, 0.4) is 0 Å². The van der Waals surface area contributed by atoms with Crippen molar-refractivity contribution < 1.29 is 22.4 Å². The Kier molecular flexibility index (Phi) is 6.78. The van der Waals surface area contributed by atoms with Gasteiger partial charge in [0.15, 0.2) is 10.9 Å². The Morgan fingerprint density at radius 1 is 1.00 bits per heavy atom. The van der Waals surface area contributed by atoms with Gasteiger partial charge in [-0.2, -0.15) is 13.2 Å². The van der Waals surface area contributed by atoms with Crippen LogP contribution in [0.1, 0.15) is 19.4 Å². The number of carbonyl (C=O) groups is 1. The number of nitrogens with zero attached hydrogens (tertiary/aromatic N) is 3. The number of aromatic nitrogens is 3. The van der Waals surface area contributed by atoms with Gasteiger partial charge in [0.2, 0.25) is 11.7 Å². The molecule has 0 aliphatic rings. The van der Waals surface area contributed by atoms with Crippen LogP contribution >= 0.6 is 11.8 Å². The molecule has 0 fully saturated rings. The van der Waals surface area contributed by atoms with Gasteiger partial charge in [-0.25, -0.2) is 0 Å². The van der Waals surface area contributed by atoms with Crippen molar-refractivity contribution in [2.75, 3.05) is 5.32 Å². The van der Waals surface area contributed by atoms with E-state index in [0.29, 0.717) is 16.7 Å². The molecule has 1 atom stereocenters. The normalized spacial score (nSPS) is 12.6. The second-order valence-electron chi connectivity index (χ2n) is 7.77. The van der Waals surface area contributed by atoms with E-state index in [9.17, 15) is 18.0 Å². The molecule has 0 aliphatic carbocycles. The Labute approximate surface area is 198 Å². The summed E-state index contributed by atoms with van der Waals surface area (Å²) >= 11 is 1.13. The molecule has 0 saturated heterocycles. The molecule has 1 unspecified atom stereocenters. The molecule has 4 rings (SSSR count). The lowest BCUT2D eigenvalue weighted by molar-refractivity contribution is -0.137. The zero-order chi connectivity index (χ0) is 24.3. The van der Waals surface area contributed by atoms with Crippen molar-refractivity contribution in [3.8, 4) is 17.3 Å². The maximum atomic E-state index is 13.4. The largest absolute Gasteiger partial charge is 0.461 e. The molecule has 0 saturated carbocycles. The summed E-state index contributed by atoms with van der Waals surface area (Å²) in [4.78, 5) is 13.1. The van der Waals surface area contributed by atoms with Gasteiger partial charge in [0.05, 0.1) is 22.8 Å². The molecular formula is C24H21F3N4O2S. The van der Waals surface area contributed by atoms with E-state index in [2.05, 4.69) is 15.5 Å². The van der Waals surface area contributed by atoms with Crippen LogP contribution in [-0.4, -0.2) is 25.9 Å². The molecule has 0 spiro atoms. The predicted molar refractivity (Wildman–Crippen MR) is 124 cm³/mol. The van der Waals surface area contributed by atoms with Gasteiger partial charge < -0.3 is 9.73 Å². The van der Waals surface area contributed by atoms with Gasteiger partial charge in [0, 0.05) is 5.69 Å². The molecule has 34 heavy (non-hydrogen) atoms. The minimum Gasteiger partial charge on any atom is -0.461 e. The van der Waals surface area contributed by atoms with E-state index in [4.69, 9.17) is 4.42 Å². The van der Waals surface area contributed by atoms with Crippen LogP contribution in [0.25, 0.3) is 17.3 Å². The highest BCUT2D eigenvalue weighted by Gasteiger charge is 2.35. The summed E-state index contributed by atoms with van der Waals surface area (Å²) in [6.45, 7) is 3.65. The third kappa shape index (κ3) is 5.01. The summed E-state index contributed by atoms with van der Waals surface area (Å²) in [7, 11) is 0. The first-order valence-electron chi connectivity index (χ1n) is 10.4. The number of carbonyl (C=O) groups excluding carboxylic acids is 1. The average molecular weight is 487 g/mol. The number of anilines is 1. The molecule has 2 aromatic carbocycles. The fraction of sp³-hybridized carbons (Fsp3) is 0.208. The quantitative estimate of drug-likeness (QED) is 0.310. The molecule has 0 radical (unpaired) electrons. The second kappa shape index (κ2) is 9.76. The number of para-hydroxylation sites is 2. The number of amides is 1. The van der Waals surface area contributed by atoms with Gasteiger partial charge in [0.25, 0.3) is 0 Å². The van der Waals surface area contributed by atoms with E-state index in [0.717, 1.165) is 23.5 Å². The molecule has 1 amide bonds. The Hall–Kier alpha value is -3.53. The van der Waals surface area contributed by atoms with E-state index in [1.54, 1.807) is 16.7 Å². The van der Waals surface area contributed by atoms with E-state index < -0.39 is 22.9 Å². The van der Waals surface area contributed by atoms with E-state index >= 15 is 0 Å². The van der Waals surface area contributed by atoms with E-state index in [-0.39, 0.29) is 11.6 Å². The van der Waals surface area contributed by atoms with Gasteiger partial charge in [0.1, 0.15) is 0 Å². The summed E-state index contributed by atoms with van der Waals surface area (Å²) in [5, 5.41) is 10.7. The SMILES string of the molecule is CC(C)C(Sc1nnc(-c2ccco2)n1-c1ccccc1)C(=O)Nc1ccccc1C(F)(F)F. The van der Waals surface area contributed by atoms with Crippen LogP contribution in [0, 0.1) is 5.92 Å². The summed E-state index contributed by atoms with van der Waals surface area (Å²) < 4.78 is 47.4. The first-order valence-corrected chi connectivity index (χ1v) is 11.3. The third-order valence-corrected chi connectivity index (χ3v) is 6.46. The highest BCUT2D eigenvalue weighted by Crippen LogP contribution is 2.36. The van der Waals surface area contributed by atoms with Crippen molar-refractivity contribution in [1.29, 1.82) is 0 Å². The standard InChI is InChI=1S/C24H21F3N4O2S/c1-15(2)20(22(32)28-18-12-7-6-11-17(18)24(25,26)27)34-23-30-29-21(19-13-8-14-33-19)31(23)16-9-4-3-5-10-16/h3-15,20H,1-2H3,(H,28,32). The average Bonchev–Trinajstić information content (AvgIpc) is 3.47. The molecule has 176 valence electrons. The van der Waals surface area contributed by atoms with Gasteiger partial charge in [-0.05, 0) is 42.3 Å². The van der Waals surface area contributed by atoms with E-state index in [1.807, 2.05) is 44.2 Å². The van der Waals surface area contributed by atoms with Crippen LogP contribution < -0.4 is 5.32 Å². The van der Waals surface area contributed by atoms with Crippen LogP contribution in [0.2, 0.25) is 0 Å². The molecule has 0 bridgehead atoms. The zero-order valence-corrected chi connectivity index (χ0v) is 19.1. The Morgan fingerprint density at radius 2 is 1.71 bits per heavy atom. The molecule has 6 nitrogen and oxygen atoms in total. The minimum absolute atomic E-state index is 0.212. The Balaban J connectivity index is 1.68. The Morgan fingerprint density at radius 3 is 2.35 bits per heavy atom. The van der Waals surface area contributed by atoms with Gasteiger partial charge >= 0.3 is 6.18 Å². The van der Waals surface area contributed by atoms with Crippen molar-refractivity contribution in [3.63, 3.8) is 0 Å². The van der Waals surface area contributed by atoms with Crippen molar-refractivity contribution in [3.05, 3.63) is 78.6 Å². The predicted octanol–water partition coefficient (Wildman–Crippen LogP) is 6.30. The molecule has 10 heteroatoms. The second-order valence-corrected chi connectivity index (χ2v) is 8.88. The summed E-state index contributed by atoms with van der Waals surface area (Å²) in [5.74, 6) is 0.173. The van der Waals surface area contributed by atoms with E-state index in [1.165, 1.54) is 24.5 Å². The molecule has 4 aromatic rings. The van der Waals surface area contributed by atoms with Crippen LogP contribution in [-0.2, 0) is 11.0 Å². The number of hydrogen-bond acceptors (Lipinski definition) is 5. The van der Waals surface area contributed by atoms with Crippen LogP contribution in [0.5, 0.6) is 0 Å². The number of rotatable bonds is 7. The molecular weight excluding hydrogens is 465 g/mol. The number of alkyl halides is 3. The van der Waals surface area contributed by atoms with Crippen molar-refractivity contribution in [2.24, 2.45) is 5.92 Å². The van der Waals surface area contributed by atoms with Crippen LogP contribution in [0.4, 0.5) is 18.9 Å². The van der Waals surface area contributed by atoms with Gasteiger partial charge in [-0.3, -0.25) is 9.36 Å². The third-order valence-electron chi connectivity index (χ3n) is 4.98. The zero-order valence-electron chi connectivity index (χ0n) is 18.3. The fourth-order valence-corrected chi connectivity index (χ4v) is 4.42. The fourth-order valence-electron chi connectivity index (χ4n) is 3.37. The lowest BCUT2D eigenvalue weighted by Crippen LogP contribution is -2.30. The number of nitrogens with one attached hydrogen (secondary N) is 1. The van der Waals surface area contributed by atoms with Crippen molar-refractivity contribution in [2.45, 2.75) is 30.4 Å². The highest BCUT2D eigenvalue weighted by molar-refractivity contribution is 8.00. The smallest absolute Gasteiger partial charge is 0.418 e. The van der Waals surface area contributed by atoms with Crippen molar-refractivity contribution >= 4 is 23.4 Å². The summed E-state index contributed by atoms with van der Waals surface area (Å²) in [6, 6.07) is 17.7. The van der Waals surface area contributed by atoms with Gasteiger partial charge in [-0.15, -0.1) is 10.2 Å². The first-order chi connectivity index (χ1) is 16.3. The molecule has 2 aromatic heterocycles. The number of thioether (sulfide) groups is 1. The first kappa shape index (κ1) is 23.6. The number of furan rings is 1. The number of halogens is 3. The molecule has 0 aliphatic heterocycles. The summed E-state index contributed by atoms with van der Waals surface area (Å²) in [5.41, 5.74) is -0.429. The van der Waals surface area contributed by atoms with Gasteiger partial charge in [-0.1, -0.05) is 55.9 Å². The number of hydrogen-bond donors (Lipinski definition) is 1. The highest BCUT2D eigenvalue weighted by atomic mass is 32.2. The topological polar surface area (TPSA) is 73.0 Å². The molecule has 2 heterocycles. The lowest BCUT2D eigenvalue weighted by Gasteiger charge is -2.21. The lowest BCUT2D eigenvalue weighted by atomic mass is 10.1. The Bertz CT molecular complexity index is 1250. The minimum atomic E-state index is -4.59. The van der Waals surface area contributed by atoms with Crippen molar-refractivity contribution in [1.82, 2.24) is 14.8 Å². The maximum absolute atomic E-state index is 13.4. The summed E-state index contributed by atoms with van der Waals surface area (Å²) in [6.07, 6.45) is -3.07. The number of benzene rings is 2. The van der Waals surface area contributed by atoms with Crippen LogP contribution in [0.15, 0.2) is 82.6 Å².